The number of amides is 2. The van der Waals surface area contributed by atoms with Crippen molar-refractivity contribution in [2.75, 3.05) is 12.4 Å². The molecule has 0 saturated heterocycles. The van der Waals surface area contributed by atoms with Crippen LogP contribution in [0.15, 0.2) is 23.6 Å². The van der Waals surface area contributed by atoms with E-state index in [1.165, 1.54) is 11.1 Å². The van der Waals surface area contributed by atoms with Crippen LogP contribution in [-0.4, -0.2) is 45.8 Å². The van der Waals surface area contributed by atoms with Crippen LogP contribution >= 0.6 is 23.1 Å². The maximum atomic E-state index is 12.7. The number of aromatic nitrogens is 2. The largest absolute Gasteiger partial charge is 0.433 e. The van der Waals surface area contributed by atoms with Gasteiger partial charge in [0.1, 0.15) is 12.0 Å². The number of hydrazine groups is 2. The average Bonchev–Trinajstić information content (AvgIpc) is 3.30. The van der Waals surface area contributed by atoms with Crippen molar-refractivity contribution in [1.29, 1.82) is 0 Å². The number of ether oxygens (including phenoxy) is 1. The second-order valence-electron chi connectivity index (χ2n) is 5.05. The minimum Gasteiger partial charge on any atom is -0.433 e. The Morgan fingerprint density at radius 3 is 2.71 bits per heavy atom. The lowest BCUT2D eigenvalue weighted by Crippen LogP contribution is -2.45. The summed E-state index contributed by atoms with van der Waals surface area (Å²) in [7, 11) is 1.58. The van der Waals surface area contributed by atoms with Crippen LogP contribution in [0.5, 0.6) is 5.75 Å². The normalized spacial score (nSPS) is 13.2. The highest BCUT2D eigenvalue weighted by molar-refractivity contribution is 7.07. The lowest BCUT2D eigenvalue weighted by atomic mass is 10.1. The van der Waals surface area contributed by atoms with E-state index in [0.29, 0.717) is 0 Å². The number of hydrogen-bond acceptors (Lipinski definition) is 10. The zero-order valence-corrected chi connectivity index (χ0v) is 15.4. The molecule has 1 aliphatic heterocycles. The second kappa shape index (κ2) is 8.28. The van der Waals surface area contributed by atoms with Crippen LogP contribution in [0.25, 0.3) is 0 Å². The number of nitrogens with zero attached hydrogens (tertiary/aromatic N) is 4. The summed E-state index contributed by atoms with van der Waals surface area (Å²) in [6.45, 7) is -3.17. The number of carbonyl (C=O) groups excluding carboxylic acids is 2. The summed E-state index contributed by atoms with van der Waals surface area (Å²) in [6.07, 6.45) is 1.16. The lowest BCUT2D eigenvalue weighted by Gasteiger charge is -2.16. The predicted octanol–water partition coefficient (Wildman–Crippen LogP) is 1.00. The molecule has 0 unspecified atom stereocenters. The number of hydrogen-bond donors (Lipinski definition) is 4. The van der Waals surface area contributed by atoms with Crippen molar-refractivity contribution >= 4 is 46.6 Å². The van der Waals surface area contributed by atoms with E-state index in [1.807, 2.05) is 0 Å². The zero-order valence-electron chi connectivity index (χ0n) is 13.9. The van der Waals surface area contributed by atoms with Gasteiger partial charge < -0.3 is 10.1 Å². The first-order valence-corrected chi connectivity index (χ1v) is 8.50. The van der Waals surface area contributed by atoms with Crippen molar-refractivity contribution in [2.45, 2.75) is 6.61 Å². The van der Waals surface area contributed by atoms with E-state index >= 15 is 0 Å². The number of anilines is 1. The molecule has 15 heteroatoms. The summed E-state index contributed by atoms with van der Waals surface area (Å²) in [5, 5.41) is 9.58. The number of alkyl halides is 2. The molecule has 0 bridgehead atoms. The maximum Gasteiger partial charge on any atom is 0.387 e. The van der Waals surface area contributed by atoms with Crippen molar-refractivity contribution in [3.8, 4) is 5.75 Å². The Balaban J connectivity index is 1.91. The summed E-state index contributed by atoms with van der Waals surface area (Å²) in [5.41, 5.74) is 4.58. The molecule has 0 aliphatic carbocycles. The minimum atomic E-state index is -3.17. The molecule has 1 aromatic heterocycles. The second-order valence-corrected chi connectivity index (χ2v) is 6.21. The molecule has 28 heavy (non-hydrogen) atoms. The fourth-order valence-corrected chi connectivity index (χ4v) is 2.76. The first-order valence-electron chi connectivity index (χ1n) is 7.35. The third kappa shape index (κ3) is 4.24. The predicted molar refractivity (Wildman–Crippen MR) is 94.9 cm³/mol. The average molecular weight is 433 g/mol. The Morgan fingerprint density at radius 1 is 1.32 bits per heavy atom. The first-order chi connectivity index (χ1) is 13.4. The van der Waals surface area contributed by atoms with E-state index in [1.54, 1.807) is 7.05 Å². The van der Waals surface area contributed by atoms with Gasteiger partial charge in [-0.1, -0.05) is 11.6 Å². The van der Waals surface area contributed by atoms with Gasteiger partial charge in [0, 0.05) is 7.05 Å². The fourth-order valence-electron chi connectivity index (χ4n) is 2.05. The van der Waals surface area contributed by atoms with Gasteiger partial charge in [-0.05, 0) is 23.7 Å². The third-order valence-electron chi connectivity index (χ3n) is 3.28. The van der Waals surface area contributed by atoms with Gasteiger partial charge in [-0.15, -0.1) is 10.6 Å². The van der Waals surface area contributed by atoms with Gasteiger partial charge in [-0.25, -0.2) is 10.5 Å². The van der Waals surface area contributed by atoms with Gasteiger partial charge >= 0.3 is 6.61 Å². The van der Waals surface area contributed by atoms with E-state index in [-0.39, 0.29) is 27.2 Å². The summed E-state index contributed by atoms with van der Waals surface area (Å²) >= 11 is 6.99. The molecule has 4 N–H and O–H groups in total. The molecule has 2 amide bonds. The van der Waals surface area contributed by atoms with Gasteiger partial charge in [0.25, 0.3) is 11.8 Å². The number of carbonyl (C=O) groups is 2. The number of hydrazone groups is 1. The Bertz CT molecular complexity index is 927. The Labute approximate surface area is 164 Å². The van der Waals surface area contributed by atoms with Crippen molar-refractivity contribution < 1.29 is 23.1 Å². The Morgan fingerprint density at radius 2 is 2.11 bits per heavy atom. The molecule has 2 aromatic rings. The molecule has 11 nitrogen and oxygen atoms in total. The van der Waals surface area contributed by atoms with Crippen molar-refractivity contribution in [1.82, 2.24) is 30.8 Å². The molecule has 1 aliphatic rings. The van der Waals surface area contributed by atoms with Crippen molar-refractivity contribution in [2.24, 2.45) is 5.10 Å². The van der Waals surface area contributed by atoms with Crippen molar-refractivity contribution in [3.05, 3.63) is 34.1 Å². The van der Waals surface area contributed by atoms with E-state index in [4.69, 9.17) is 11.6 Å². The van der Waals surface area contributed by atoms with Gasteiger partial charge in [0.15, 0.2) is 5.75 Å². The highest BCUT2D eigenvalue weighted by atomic mass is 35.5. The number of guanidine groups is 1. The van der Waals surface area contributed by atoms with Gasteiger partial charge in [-0.2, -0.15) is 13.2 Å². The molecule has 3 rings (SSSR count). The van der Waals surface area contributed by atoms with Crippen LogP contribution in [0, 0.1) is 0 Å². The molecule has 2 heterocycles. The minimum absolute atomic E-state index is 0.0343. The highest BCUT2D eigenvalue weighted by Crippen LogP contribution is 2.36. The molecular weight excluding hydrogens is 422 g/mol. The lowest BCUT2D eigenvalue weighted by molar-refractivity contribution is -0.0493. The smallest absolute Gasteiger partial charge is 0.387 e. The summed E-state index contributed by atoms with van der Waals surface area (Å²) in [6, 6.07) is 2.26. The highest BCUT2D eigenvalue weighted by Gasteiger charge is 2.24. The number of benzene rings is 1. The summed E-state index contributed by atoms with van der Waals surface area (Å²) in [5.74, 6) is -1.74. The van der Waals surface area contributed by atoms with E-state index in [9.17, 15) is 18.4 Å². The molecule has 0 fully saturated rings. The van der Waals surface area contributed by atoms with Crippen molar-refractivity contribution in [3.63, 3.8) is 0 Å². The van der Waals surface area contributed by atoms with Gasteiger partial charge in [0.2, 0.25) is 11.0 Å². The van der Waals surface area contributed by atoms with Crippen LogP contribution < -0.4 is 26.4 Å². The first kappa shape index (κ1) is 19.7. The fraction of sp³-hybridized carbons (Fsp3) is 0.154. The third-order valence-corrected chi connectivity index (χ3v) is 4.34. The molecule has 148 valence electrons. The molecular formula is C13H11ClF2N8O3S. The Kier molecular flexibility index (Phi) is 5.81. The number of halogens is 3. The van der Waals surface area contributed by atoms with E-state index in [2.05, 4.69) is 40.9 Å². The van der Waals surface area contributed by atoms with Crippen LogP contribution in [0.4, 0.5) is 14.5 Å². The zero-order chi connectivity index (χ0) is 20.3. The Hall–Kier alpha value is -3.10. The van der Waals surface area contributed by atoms with Crippen LogP contribution in [-0.2, 0) is 0 Å². The molecule has 0 saturated carbocycles. The standard InChI is InChI=1S/C13H11ClF2N8O3S/c1-24-13(21-22-23-24)20-9(25)5-2-3-6(27-12(15)16)8(7(5)14)19-10(26)11-17-4-18-28-11/h2-4,12,22-23H,1H3,(H,19,26)(H,20,21,25). The van der Waals surface area contributed by atoms with Gasteiger partial charge in [0.05, 0.1) is 10.6 Å². The molecule has 1 aromatic carbocycles. The topological polar surface area (TPSA) is 133 Å². The van der Waals surface area contributed by atoms with E-state index in [0.717, 1.165) is 23.9 Å². The maximum absolute atomic E-state index is 12.7. The summed E-state index contributed by atoms with van der Waals surface area (Å²) in [4.78, 5) is 28.4. The molecule has 0 spiro atoms. The number of rotatable bonds is 5. The molecule has 0 radical (unpaired) electrons. The van der Waals surface area contributed by atoms with Gasteiger partial charge in [-0.3, -0.25) is 19.9 Å². The van der Waals surface area contributed by atoms with Crippen LogP contribution in [0.3, 0.4) is 0 Å². The van der Waals surface area contributed by atoms with E-state index < -0.39 is 24.2 Å². The summed E-state index contributed by atoms with van der Waals surface area (Å²) < 4.78 is 33.5. The van der Waals surface area contributed by atoms with Crippen LogP contribution in [0.2, 0.25) is 5.02 Å². The quantitative estimate of drug-likeness (QED) is 0.550. The molecule has 0 atom stereocenters. The van der Waals surface area contributed by atoms with Crippen LogP contribution in [0.1, 0.15) is 20.2 Å². The number of nitrogens with one attached hydrogen (secondary N) is 4. The SMILES string of the molecule is CN1NNN=C1NC(=O)c1ccc(OC(F)F)c(NC(=O)c2ncns2)c1Cl. The monoisotopic (exact) mass is 432 g/mol.